The van der Waals surface area contributed by atoms with Gasteiger partial charge in [0.15, 0.2) is 0 Å². The van der Waals surface area contributed by atoms with Crippen molar-refractivity contribution >= 4 is 0 Å². The molecule has 0 aromatic rings. The van der Waals surface area contributed by atoms with Crippen LogP contribution in [0.1, 0.15) is 26.7 Å². The summed E-state index contributed by atoms with van der Waals surface area (Å²) in [5.41, 5.74) is 6.00. The molecule has 4 heteroatoms. The summed E-state index contributed by atoms with van der Waals surface area (Å²) in [5.74, 6) is 0.669. The number of hydrogen-bond donors (Lipinski definition) is 1. The molecule has 2 N–H and O–H groups in total. The summed E-state index contributed by atoms with van der Waals surface area (Å²) in [7, 11) is 4.24. The average Bonchev–Trinajstić information content (AvgIpc) is 2.79. The molecular weight excluding hydrogens is 226 g/mol. The Morgan fingerprint density at radius 1 is 1.28 bits per heavy atom. The smallest absolute Gasteiger partial charge is 0.0743 e. The van der Waals surface area contributed by atoms with E-state index in [1.807, 2.05) is 0 Å². The zero-order valence-corrected chi connectivity index (χ0v) is 12.6. The van der Waals surface area contributed by atoms with Crippen molar-refractivity contribution in [2.75, 3.05) is 46.9 Å². The molecule has 0 amide bonds. The molecule has 1 aliphatic rings. The van der Waals surface area contributed by atoms with Gasteiger partial charge in [-0.1, -0.05) is 13.8 Å². The van der Waals surface area contributed by atoms with Crippen LogP contribution in [0.4, 0.5) is 0 Å². The fraction of sp³-hybridized carbons (Fsp3) is 1.00. The highest BCUT2D eigenvalue weighted by Gasteiger charge is 2.29. The van der Waals surface area contributed by atoms with Crippen LogP contribution >= 0.6 is 0 Å². The van der Waals surface area contributed by atoms with Crippen molar-refractivity contribution in [3.8, 4) is 0 Å². The highest BCUT2D eigenvalue weighted by atomic mass is 16.5. The van der Waals surface area contributed by atoms with Crippen LogP contribution in [0.3, 0.4) is 0 Å². The molecule has 18 heavy (non-hydrogen) atoms. The molecule has 1 aliphatic heterocycles. The first-order valence-electron chi connectivity index (χ1n) is 7.25. The van der Waals surface area contributed by atoms with Gasteiger partial charge in [0.1, 0.15) is 0 Å². The van der Waals surface area contributed by atoms with E-state index in [1.54, 1.807) is 0 Å². The first-order chi connectivity index (χ1) is 8.54. The number of nitrogens with two attached hydrogens (primary N) is 1. The van der Waals surface area contributed by atoms with Gasteiger partial charge >= 0.3 is 0 Å². The molecule has 2 unspecified atom stereocenters. The zero-order valence-electron chi connectivity index (χ0n) is 12.6. The van der Waals surface area contributed by atoms with E-state index in [-0.39, 0.29) is 0 Å². The Balaban J connectivity index is 2.58. The first-order valence-corrected chi connectivity index (χ1v) is 7.25. The Labute approximate surface area is 112 Å². The minimum absolute atomic E-state index is 0.343. The van der Waals surface area contributed by atoms with E-state index >= 15 is 0 Å². The Kier molecular flexibility index (Phi) is 7.15. The van der Waals surface area contributed by atoms with Gasteiger partial charge in [0.05, 0.1) is 6.10 Å². The lowest BCUT2D eigenvalue weighted by atomic mass is 10.0. The van der Waals surface area contributed by atoms with E-state index < -0.39 is 0 Å². The second kappa shape index (κ2) is 8.10. The Hall–Kier alpha value is -0.160. The van der Waals surface area contributed by atoms with Crippen molar-refractivity contribution in [3.05, 3.63) is 0 Å². The third-order valence-electron chi connectivity index (χ3n) is 3.54. The highest BCUT2D eigenvalue weighted by molar-refractivity contribution is 4.84. The van der Waals surface area contributed by atoms with Crippen molar-refractivity contribution in [1.29, 1.82) is 0 Å². The molecule has 1 rings (SSSR count). The summed E-state index contributed by atoms with van der Waals surface area (Å²) >= 11 is 0. The lowest BCUT2D eigenvalue weighted by molar-refractivity contribution is 0.0204. The number of rotatable bonds is 8. The third-order valence-corrected chi connectivity index (χ3v) is 3.54. The normalized spacial score (nSPS) is 22.3. The molecular formula is C14H31N3O. The minimum atomic E-state index is 0.343. The van der Waals surface area contributed by atoms with Crippen LogP contribution in [0.5, 0.6) is 0 Å². The Morgan fingerprint density at radius 3 is 2.44 bits per heavy atom. The molecule has 2 atom stereocenters. The lowest BCUT2D eigenvalue weighted by Crippen LogP contribution is -2.51. The van der Waals surface area contributed by atoms with E-state index in [9.17, 15) is 0 Å². The molecule has 0 radical (unpaired) electrons. The Morgan fingerprint density at radius 2 is 2.00 bits per heavy atom. The van der Waals surface area contributed by atoms with E-state index in [4.69, 9.17) is 10.5 Å². The molecule has 4 nitrogen and oxygen atoms in total. The molecule has 108 valence electrons. The van der Waals surface area contributed by atoms with Crippen LogP contribution in [-0.2, 0) is 4.74 Å². The lowest BCUT2D eigenvalue weighted by Gasteiger charge is -2.36. The van der Waals surface area contributed by atoms with Crippen LogP contribution in [0.15, 0.2) is 0 Å². The van der Waals surface area contributed by atoms with Crippen molar-refractivity contribution < 1.29 is 4.74 Å². The van der Waals surface area contributed by atoms with E-state index in [0.29, 0.717) is 24.6 Å². The molecule has 1 saturated heterocycles. The van der Waals surface area contributed by atoms with Gasteiger partial charge in [0.2, 0.25) is 0 Å². The molecule has 0 spiro atoms. The highest BCUT2D eigenvalue weighted by Crippen LogP contribution is 2.20. The zero-order chi connectivity index (χ0) is 13.5. The van der Waals surface area contributed by atoms with Gasteiger partial charge in [-0.25, -0.2) is 0 Å². The number of ether oxygens (including phenoxy) is 1. The molecule has 1 fully saturated rings. The van der Waals surface area contributed by atoms with Crippen LogP contribution in [0.25, 0.3) is 0 Å². The predicted molar refractivity (Wildman–Crippen MR) is 76.8 cm³/mol. The van der Waals surface area contributed by atoms with E-state index in [0.717, 1.165) is 26.2 Å². The van der Waals surface area contributed by atoms with Crippen LogP contribution < -0.4 is 5.73 Å². The summed E-state index contributed by atoms with van der Waals surface area (Å²) in [6.45, 7) is 9.41. The van der Waals surface area contributed by atoms with Crippen molar-refractivity contribution in [1.82, 2.24) is 9.80 Å². The summed E-state index contributed by atoms with van der Waals surface area (Å²) in [4.78, 5) is 4.76. The molecule has 0 saturated carbocycles. The maximum Gasteiger partial charge on any atom is 0.0743 e. The third kappa shape index (κ3) is 5.22. The molecule has 0 aromatic heterocycles. The predicted octanol–water partition coefficient (Wildman–Crippen LogP) is 1.01. The second-order valence-electron chi connectivity index (χ2n) is 6.05. The Bertz CT molecular complexity index is 215. The monoisotopic (exact) mass is 257 g/mol. The van der Waals surface area contributed by atoms with Crippen molar-refractivity contribution in [3.63, 3.8) is 0 Å². The van der Waals surface area contributed by atoms with E-state index in [2.05, 4.69) is 37.7 Å². The fourth-order valence-electron chi connectivity index (χ4n) is 2.63. The molecule has 0 bridgehead atoms. The van der Waals surface area contributed by atoms with Gasteiger partial charge in [-0.3, -0.25) is 4.90 Å². The molecule has 0 aliphatic carbocycles. The fourth-order valence-corrected chi connectivity index (χ4v) is 2.63. The summed E-state index contributed by atoms with van der Waals surface area (Å²) in [5, 5.41) is 0. The van der Waals surface area contributed by atoms with Crippen molar-refractivity contribution in [2.45, 2.75) is 38.8 Å². The second-order valence-corrected chi connectivity index (χ2v) is 6.05. The van der Waals surface area contributed by atoms with Gasteiger partial charge in [0, 0.05) is 38.8 Å². The topological polar surface area (TPSA) is 41.7 Å². The van der Waals surface area contributed by atoms with E-state index in [1.165, 1.54) is 12.8 Å². The number of likely N-dealkylation sites (N-methyl/N-ethyl adjacent to an activating group) is 1. The van der Waals surface area contributed by atoms with Gasteiger partial charge in [-0.2, -0.15) is 0 Å². The summed E-state index contributed by atoms with van der Waals surface area (Å²) < 4.78 is 5.84. The maximum atomic E-state index is 6.00. The maximum absolute atomic E-state index is 6.00. The quantitative estimate of drug-likeness (QED) is 0.705. The number of nitrogens with zero attached hydrogens (tertiary/aromatic N) is 2. The van der Waals surface area contributed by atoms with Gasteiger partial charge in [0.25, 0.3) is 0 Å². The van der Waals surface area contributed by atoms with Crippen LogP contribution in [-0.4, -0.2) is 68.8 Å². The molecule has 1 heterocycles. The van der Waals surface area contributed by atoms with Gasteiger partial charge in [-0.05, 0) is 32.9 Å². The van der Waals surface area contributed by atoms with Gasteiger partial charge in [-0.15, -0.1) is 0 Å². The summed E-state index contributed by atoms with van der Waals surface area (Å²) in [6, 6.07) is 0.384. The average molecular weight is 257 g/mol. The van der Waals surface area contributed by atoms with Crippen molar-refractivity contribution in [2.24, 2.45) is 11.7 Å². The SMILES string of the molecule is CC(C)CN(CCN(C)C)C(CN)C1CCCO1. The van der Waals surface area contributed by atoms with Gasteiger partial charge < -0.3 is 15.4 Å². The summed E-state index contributed by atoms with van der Waals surface area (Å²) in [6.07, 6.45) is 2.69. The van der Waals surface area contributed by atoms with Crippen LogP contribution in [0.2, 0.25) is 0 Å². The van der Waals surface area contributed by atoms with Crippen LogP contribution in [0, 0.1) is 5.92 Å². The largest absolute Gasteiger partial charge is 0.377 e. The number of hydrogen-bond acceptors (Lipinski definition) is 4. The molecule has 0 aromatic carbocycles. The first kappa shape index (κ1) is 15.9. The standard InChI is InChI=1S/C14H31N3O/c1-12(2)11-17(8-7-16(3)4)13(10-15)14-6-5-9-18-14/h12-14H,5-11,15H2,1-4H3. The minimum Gasteiger partial charge on any atom is -0.377 e.